The molecule has 1 saturated heterocycles. The summed E-state index contributed by atoms with van der Waals surface area (Å²) >= 11 is 6.31. The van der Waals surface area contributed by atoms with Gasteiger partial charge in [0.05, 0.1) is 18.8 Å². The Morgan fingerprint density at radius 2 is 2.12 bits per heavy atom. The molecule has 2 heterocycles. The molecule has 2 N–H and O–H groups in total. The molecular weight excluding hydrogens is 378 g/mol. The molecule has 1 fully saturated rings. The summed E-state index contributed by atoms with van der Waals surface area (Å²) in [7, 11) is -3.33. The van der Waals surface area contributed by atoms with E-state index in [1.807, 2.05) is 18.2 Å². The number of hydrogen-bond acceptors (Lipinski definition) is 5. The molecule has 0 bridgehead atoms. The summed E-state index contributed by atoms with van der Waals surface area (Å²) in [6, 6.07) is 10.4. The van der Waals surface area contributed by atoms with E-state index in [2.05, 4.69) is 10.0 Å². The highest BCUT2D eigenvalue weighted by atomic mass is 35.5. The number of hydrogen-bond donors (Lipinski definition) is 2. The number of carbonyl (C=O) groups excluding carboxylic acids is 1. The number of halogens is 1. The summed E-state index contributed by atoms with van der Waals surface area (Å²) in [5.41, 5.74) is 0.875. The quantitative estimate of drug-likeness (QED) is 0.802. The van der Waals surface area contributed by atoms with E-state index in [0.717, 1.165) is 11.8 Å². The van der Waals surface area contributed by atoms with Crippen molar-refractivity contribution in [3.63, 3.8) is 0 Å². The first-order valence-electron chi connectivity index (χ1n) is 8.14. The zero-order valence-electron chi connectivity index (χ0n) is 14.2. The minimum atomic E-state index is -3.33. The normalized spacial score (nSPS) is 18.1. The van der Waals surface area contributed by atoms with Gasteiger partial charge in [-0.3, -0.25) is 4.79 Å². The van der Waals surface area contributed by atoms with Crippen LogP contribution in [0.3, 0.4) is 0 Å². The third kappa shape index (κ3) is 4.45. The first-order valence-corrected chi connectivity index (χ1v) is 10.4. The highest BCUT2D eigenvalue weighted by Gasteiger charge is 2.31. The Labute approximate surface area is 157 Å². The lowest BCUT2D eigenvalue weighted by Gasteiger charge is -2.36. The van der Waals surface area contributed by atoms with Gasteiger partial charge in [-0.05, 0) is 23.8 Å². The van der Waals surface area contributed by atoms with Crippen LogP contribution in [0.2, 0.25) is 5.02 Å². The second-order valence-electron chi connectivity index (χ2n) is 6.10. The van der Waals surface area contributed by atoms with Gasteiger partial charge in [-0.25, -0.2) is 13.1 Å². The molecule has 0 spiro atoms. The fourth-order valence-corrected chi connectivity index (χ4v) is 3.57. The van der Waals surface area contributed by atoms with Crippen molar-refractivity contribution in [3.05, 3.63) is 58.5 Å². The first-order chi connectivity index (χ1) is 12.3. The molecule has 7 nitrogen and oxygen atoms in total. The number of nitrogens with one attached hydrogen (secondary N) is 2. The number of amides is 1. The summed E-state index contributed by atoms with van der Waals surface area (Å²) in [4.78, 5) is 14.7. The van der Waals surface area contributed by atoms with Crippen LogP contribution < -0.4 is 10.0 Å². The predicted molar refractivity (Wildman–Crippen MR) is 98.5 cm³/mol. The summed E-state index contributed by atoms with van der Waals surface area (Å²) in [5, 5.41) is 3.89. The fourth-order valence-electron chi connectivity index (χ4n) is 2.90. The van der Waals surface area contributed by atoms with Gasteiger partial charge in [0, 0.05) is 24.7 Å². The molecule has 1 amide bonds. The van der Waals surface area contributed by atoms with Gasteiger partial charge in [0.25, 0.3) is 5.91 Å². The van der Waals surface area contributed by atoms with Gasteiger partial charge in [-0.1, -0.05) is 29.8 Å². The van der Waals surface area contributed by atoms with Gasteiger partial charge >= 0.3 is 0 Å². The van der Waals surface area contributed by atoms with E-state index in [1.54, 1.807) is 23.1 Å². The van der Waals surface area contributed by atoms with Crippen molar-refractivity contribution in [1.29, 1.82) is 0 Å². The molecule has 140 valence electrons. The number of nitrogens with zero attached hydrogens (tertiary/aromatic N) is 1. The Balaban J connectivity index is 1.79. The molecule has 1 aromatic carbocycles. The third-order valence-electron chi connectivity index (χ3n) is 4.15. The van der Waals surface area contributed by atoms with E-state index >= 15 is 0 Å². The minimum Gasteiger partial charge on any atom is -0.455 e. The molecule has 0 saturated carbocycles. The summed E-state index contributed by atoms with van der Waals surface area (Å²) in [6.07, 6.45) is 1.07. The monoisotopic (exact) mass is 397 g/mol. The molecule has 1 aliphatic heterocycles. The zero-order valence-corrected chi connectivity index (χ0v) is 15.8. The zero-order chi connectivity index (χ0) is 18.7. The molecule has 1 aromatic heterocycles. The molecule has 0 aliphatic carbocycles. The van der Waals surface area contributed by atoms with Crippen LogP contribution in [0.15, 0.2) is 40.8 Å². The Morgan fingerprint density at radius 3 is 2.85 bits per heavy atom. The van der Waals surface area contributed by atoms with Gasteiger partial charge in [-0.15, -0.1) is 0 Å². The highest BCUT2D eigenvalue weighted by molar-refractivity contribution is 7.88. The lowest BCUT2D eigenvalue weighted by atomic mass is 10.0. The standard InChI is InChI=1S/C17H20ClN3O4S/c1-26(23,24)20-10-12-6-7-16(25-12)17(22)21-9-8-19-11-15(21)13-4-2-3-5-14(13)18/h2-7,15,19-20H,8-11H2,1H3. The van der Waals surface area contributed by atoms with Crippen molar-refractivity contribution in [2.24, 2.45) is 0 Å². The van der Waals surface area contributed by atoms with Crippen LogP contribution in [-0.2, 0) is 16.6 Å². The van der Waals surface area contributed by atoms with E-state index in [1.165, 1.54) is 0 Å². The molecule has 26 heavy (non-hydrogen) atoms. The Morgan fingerprint density at radius 1 is 1.35 bits per heavy atom. The summed E-state index contributed by atoms with van der Waals surface area (Å²) in [5.74, 6) is 0.305. The van der Waals surface area contributed by atoms with Gasteiger partial charge in [0.15, 0.2) is 5.76 Å². The lowest BCUT2D eigenvalue weighted by Crippen LogP contribution is -2.48. The average molecular weight is 398 g/mol. The highest BCUT2D eigenvalue weighted by Crippen LogP contribution is 2.29. The molecule has 1 unspecified atom stereocenters. The van der Waals surface area contributed by atoms with Crippen LogP contribution >= 0.6 is 11.6 Å². The first kappa shape index (κ1) is 18.9. The number of piperazine rings is 1. The van der Waals surface area contributed by atoms with Crippen LogP contribution in [0.5, 0.6) is 0 Å². The van der Waals surface area contributed by atoms with Crippen LogP contribution in [0.1, 0.15) is 27.9 Å². The Kier molecular flexibility index (Phi) is 5.67. The number of furan rings is 1. The van der Waals surface area contributed by atoms with Crippen molar-refractivity contribution in [1.82, 2.24) is 14.9 Å². The van der Waals surface area contributed by atoms with Crippen molar-refractivity contribution in [3.8, 4) is 0 Å². The largest absolute Gasteiger partial charge is 0.455 e. The van der Waals surface area contributed by atoms with Crippen molar-refractivity contribution < 1.29 is 17.6 Å². The van der Waals surface area contributed by atoms with E-state index in [9.17, 15) is 13.2 Å². The molecule has 1 aliphatic rings. The number of benzene rings is 1. The maximum Gasteiger partial charge on any atom is 0.290 e. The summed E-state index contributed by atoms with van der Waals surface area (Å²) < 4.78 is 30.2. The van der Waals surface area contributed by atoms with Crippen molar-refractivity contribution in [2.75, 3.05) is 25.9 Å². The van der Waals surface area contributed by atoms with E-state index in [4.69, 9.17) is 16.0 Å². The molecule has 2 aromatic rings. The van der Waals surface area contributed by atoms with E-state index < -0.39 is 10.0 Å². The SMILES string of the molecule is CS(=O)(=O)NCc1ccc(C(=O)N2CCNCC2c2ccccc2Cl)o1. The van der Waals surface area contributed by atoms with Gasteiger partial charge in [0.2, 0.25) is 10.0 Å². The third-order valence-corrected chi connectivity index (χ3v) is 5.16. The molecule has 0 radical (unpaired) electrons. The van der Waals surface area contributed by atoms with Crippen LogP contribution in [0, 0.1) is 0 Å². The maximum atomic E-state index is 12.9. The second kappa shape index (κ2) is 7.79. The smallest absolute Gasteiger partial charge is 0.290 e. The van der Waals surface area contributed by atoms with Crippen LogP contribution in [0.4, 0.5) is 0 Å². The average Bonchev–Trinajstić information content (AvgIpc) is 3.08. The lowest BCUT2D eigenvalue weighted by molar-refractivity contribution is 0.0600. The van der Waals surface area contributed by atoms with Crippen molar-refractivity contribution in [2.45, 2.75) is 12.6 Å². The predicted octanol–water partition coefficient (Wildman–Crippen LogP) is 1.77. The maximum absolute atomic E-state index is 12.9. The Hall–Kier alpha value is -1.87. The number of rotatable bonds is 5. The van der Waals surface area contributed by atoms with Gasteiger partial charge in [-0.2, -0.15) is 0 Å². The second-order valence-corrected chi connectivity index (χ2v) is 8.34. The Bertz CT molecular complexity index is 897. The van der Waals surface area contributed by atoms with Gasteiger partial charge < -0.3 is 14.6 Å². The van der Waals surface area contributed by atoms with Crippen molar-refractivity contribution >= 4 is 27.5 Å². The molecule has 9 heteroatoms. The van der Waals surface area contributed by atoms with Gasteiger partial charge in [0.1, 0.15) is 5.76 Å². The molecular formula is C17H20ClN3O4S. The van der Waals surface area contributed by atoms with E-state index in [0.29, 0.717) is 30.4 Å². The number of sulfonamides is 1. The molecule has 3 rings (SSSR count). The fraction of sp³-hybridized carbons (Fsp3) is 0.353. The topological polar surface area (TPSA) is 91.7 Å². The van der Waals surface area contributed by atoms with Crippen LogP contribution in [0.25, 0.3) is 0 Å². The minimum absolute atomic E-state index is 0.00160. The summed E-state index contributed by atoms with van der Waals surface area (Å²) in [6.45, 7) is 1.79. The van der Waals surface area contributed by atoms with Crippen LogP contribution in [-0.4, -0.2) is 45.1 Å². The van der Waals surface area contributed by atoms with E-state index in [-0.39, 0.29) is 24.3 Å². The molecule has 1 atom stereocenters. The number of carbonyl (C=O) groups is 1.